The Labute approximate surface area is 162 Å². The number of aromatic nitrogens is 2. The summed E-state index contributed by atoms with van der Waals surface area (Å²) in [4.78, 5) is 23.8. The van der Waals surface area contributed by atoms with E-state index in [1.165, 1.54) is 11.8 Å². The summed E-state index contributed by atoms with van der Waals surface area (Å²) in [6.07, 6.45) is 2.80. The molecule has 0 atom stereocenters. The van der Waals surface area contributed by atoms with Crippen LogP contribution in [-0.4, -0.2) is 56.5 Å². The Bertz CT molecular complexity index is 902. The number of rotatable bonds is 4. The lowest BCUT2D eigenvalue weighted by atomic mass is 10.2. The van der Waals surface area contributed by atoms with Crippen LogP contribution in [0.4, 0.5) is 5.82 Å². The lowest BCUT2D eigenvalue weighted by Gasteiger charge is -2.32. The van der Waals surface area contributed by atoms with Crippen LogP contribution in [0.25, 0.3) is 5.69 Å². The molecule has 1 aromatic heterocycles. The third kappa shape index (κ3) is 3.62. The molecule has 1 aromatic carbocycles. The largest absolute Gasteiger partial charge is 0.353 e. The van der Waals surface area contributed by atoms with Crippen molar-refractivity contribution in [3.8, 4) is 5.69 Å². The van der Waals surface area contributed by atoms with Gasteiger partial charge in [0.2, 0.25) is 5.91 Å². The fourth-order valence-corrected chi connectivity index (χ4v) is 3.97. The zero-order valence-corrected chi connectivity index (χ0v) is 16.2. The first-order chi connectivity index (χ1) is 13.1. The first-order valence-electron chi connectivity index (χ1n) is 9.10. The molecule has 2 aliphatic heterocycles. The normalized spacial score (nSPS) is 15.7. The standard InChI is InChI=1S/C19H22N6OS/c1-13(2)22-16(26)12-27-19-23-18-15(17-20-9-6-10-24(17)19)11-21-25(18)14-7-4-3-5-8-14/h3-5,7-8,11,13H,6,9-10,12H2,1-2H3,(H,22,26). The molecule has 0 saturated heterocycles. The van der Waals surface area contributed by atoms with Crippen LogP contribution in [0.5, 0.6) is 0 Å². The highest BCUT2D eigenvalue weighted by Crippen LogP contribution is 2.33. The average molecular weight is 382 g/mol. The van der Waals surface area contributed by atoms with Crippen molar-refractivity contribution in [3.63, 3.8) is 0 Å². The number of carbonyl (C=O) groups is 1. The van der Waals surface area contributed by atoms with E-state index in [1.807, 2.05) is 55.1 Å². The molecule has 7 nitrogen and oxygen atoms in total. The Kier molecular flexibility index (Phi) is 4.98. The number of para-hydroxylation sites is 1. The van der Waals surface area contributed by atoms with Gasteiger partial charge in [0, 0.05) is 19.1 Å². The van der Waals surface area contributed by atoms with Crippen LogP contribution in [0, 0.1) is 0 Å². The van der Waals surface area contributed by atoms with E-state index in [4.69, 9.17) is 9.98 Å². The highest BCUT2D eigenvalue weighted by atomic mass is 32.2. The maximum Gasteiger partial charge on any atom is 0.230 e. The van der Waals surface area contributed by atoms with Crippen LogP contribution in [0.1, 0.15) is 25.8 Å². The summed E-state index contributed by atoms with van der Waals surface area (Å²) < 4.78 is 1.83. The molecule has 8 heteroatoms. The van der Waals surface area contributed by atoms with Gasteiger partial charge in [0.15, 0.2) is 11.0 Å². The zero-order valence-electron chi connectivity index (χ0n) is 15.4. The molecule has 2 aliphatic rings. The minimum Gasteiger partial charge on any atom is -0.353 e. The van der Waals surface area contributed by atoms with E-state index in [1.54, 1.807) is 0 Å². The predicted octanol–water partition coefficient (Wildman–Crippen LogP) is 2.58. The number of amidine groups is 2. The predicted molar refractivity (Wildman–Crippen MR) is 109 cm³/mol. The molecule has 0 aliphatic carbocycles. The van der Waals surface area contributed by atoms with Crippen molar-refractivity contribution in [2.45, 2.75) is 26.3 Å². The van der Waals surface area contributed by atoms with Gasteiger partial charge in [-0.2, -0.15) is 5.10 Å². The number of benzene rings is 1. The first kappa shape index (κ1) is 17.8. The summed E-state index contributed by atoms with van der Waals surface area (Å²) in [6.45, 7) is 5.57. The maximum atomic E-state index is 12.1. The molecule has 0 bridgehead atoms. The third-order valence-corrected chi connectivity index (χ3v) is 5.23. The van der Waals surface area contributed by atoms with Gasteiger partial charge in [-0.05, 0) is 32.4 Å². The Morgan fingerprint density at radius 3 is 2.89 bits per heavy atom. The summed E-state index contributed by atoms with van der Waals surface area (Å²) in [7, 11) is 0. The van der Waals surface area contributed by atoms with Crippen LogP contribution in [0.15, 0.2) is 46.5 Å². The molecule has 0 fully saturated rings. The van der Waals surface area contributed by atoms with Crippen LogP contribution >= 0.6 is 11.8 Å². The van der Waals surface area contributed by atoms with Gasteiger partial charge in [0.1, 0.15) is 5.84 Å². The number of carbonyl (C=O) groups excluding carboxylic acids is 1. The molecule has 1 N–H and O–H groups in total. The maximum absolute atomic E-state index is 12.1. The highest BCUT2D eigenvalue weighted by molar-refractivity contribution is 8.14. The van der Waals surface area contributed by atoms with Gasteiger partial charge in [-0.3, -0.25) is 9.79 Å². The number of fused-ring (bicyclic) bond motifs is 3. The van der Waals surface area contributed by atoms with E-state index in [0.717, 1.165) is 47.6 Å². The van der Waals surface area contributed by atoms with Crippen molar-refractivity contribution in [1.82, 2.24) is 20.0 Å². The molecule has 0 saturated carbocycles. The summed E-state index contributed by atoms with van der Waals surface area (Å²) >= 11 is 1.45. The summed E-state index contributed by atoms with van der Waals surface area (Å²) in [6, 6.07) is 10.1. The second kappa shape index (κ2) is 7.56. The number of nitrogens with zero attached hydrogens (tertiary/aromatic N) is 5. The van der Waals surface area contributed by atoms with E-state index < -0.39 is 0 Å². The van der Waals surface area contributed by atoms with Gasteiger partial charge < -0.3 is 10.2 Å². The van der Waals surface area contributed by atoms with E-state index >= 15 is 0 Å². The Morgan fingerprint density at radius 1 is 1.30 bits per heavy atom. The monoisotopic (exact) mass is 382 g/mol. The van der Waals surface area contributed by atoms with Gasteiger partial charge in [-0.25, -0.2) is 9.67 Å². The summed E-state index contributed by atoms with van der Waals surface area (Å²) in [5.74, 6) is 2.01. The van der Waals surface area contributed by atoms with E-state index in [-0.39, 0.29) is 11.9 Å². The molecule has 27 heavy (non-hydrogen) atoms. The topological polar surface area (TPSA) is 74.9 Å². The molecule has 0 radical (unpaired) electrons. The number of nitrogens with one attached hydrogen (secondary N) is 1. The van der Waals surface area contributed by atoms with Crippen LogP contribution in [-0.2, 0) is 4.79 Å². The van der Waals surface area contributed by atoms with Crippen molar-refractivity contribution in [2.24, 2.45) is 9.98 Å². The Hall–Kier alpha value is -2.61. The fraction of sp³-hybridized carbons (Fsp3) is 0.368. The van der Waals surface area contributed by atoms with E-state index in [9.17, 15) is 4.79 Å². The second-order valence-corrected chi connectivity index (χ2v) is 7.69. The zero-order chi connectivity index (χ0) is 18.8. The van der Waals surface area contributed by atoms with Gasteiger partial charge in [0.05, 0.1) is 23.2 Å². The first-order valence-corrected chi connectivity index (χ1v) is 10.1. The van der Waals surface area contributed by atoms with Gasteiger partial charge >= 0.3 is 0 Å². The van der Waals surface area contributed by atoms with Crippen molar-refractivity contribution >= 4 is 34.5 Å². The molecular formula is C19H22N6OS. The van der Waals surface area contributed by atoms with Crippen LogP contribution < -0.4 is 5.32 Å². The fourth-order valence-electron chi connectivity index (χ4n) is 3.14. The molecule has 0 unspecified atom stereocenters. The van der Waals surface area contributed by atoms with Crippen molar-refractivity contribution in [1.29, 1.82) is 0 Å². The molecule has 3 heterocycles. The van der Waals surface area contributed by atoms with Gasteiger partial charge in [-0.15, -0.1) is 0 Å². The number of amides is 1. The highest BCUT2D eigenvalue weighted by Gasteiger charge is 2.31. The molecular weight excluding hydrogens is 360 g/mol. The Morgan fingerprint density at radius 2 is 2.11 bits per heavy atom. The van der Waals surface area contributed by atoms with Crippen LogP contribution in [0.3, 0.4) is 0 Å². The molecule has 4 rings (SSSR count). The Balaban J connectivity index is 1.68. The van der Waals surface area contributed by atoms with Gasteiger partial charge in [-0.1, -0.05) is 30.0 Å². The minimum absolute atomic E-state index is 0.00978. The van der Waals surface area contributed by atoms with Crippen molar-refractivity contribution < 1.29 is 4.79 Å². The quantitative estimate of drug-likeness (QED) is 0.882. The van der Waals surface area contributed by atoms with Gasteiger partial charge in [0.25, 0.3) is 0 Å². The summed E-state index contributed by atoms with van der Waals surface area (Å²) in [5, 5.41) is 8.27. The second-order valence-electron chi connectivity index (χ2n) is 6.74. The third-order valence-electron chi connectivity index (χ3n) is 4.26. The van der Waals surface area contributed by atoms with E-state index in [2.05, 4.69) is 15.3 Å². The smallest absolute Gasteiger partial charge is 0.230 e. The molecule has 0 spiro atoms. The molecule has 140 valence electrons. The number of thioether (sulfide) groups is 1. The number of hydrogen-bond donors (Lipinski definition) is 1. The lowest BCUT2D eigenvalue weighted by Crippen LogP contribution is -2.42. The number of hydrogen-bond acceptors (Lipinski definition) is 6. The van der Waals surface area contributed by atoms with Crippen LogP contribution in [0.2, 0.25) is 0 Å². The lowest BCUT2D eigenvalue weighted by molar-refractivity contribution is -0.119. The summed E-state index contributed by atoms with van der Waals surface area (Å²) in [5.41, 5.74) is 1.89. The molecule has 1 amide bonds. The molecule has 2 aromatic rings. The minimum atomic E-state index is 0.00978. The van der Waals surface area contributed by atoms with Crippen molar-refractivity contribution in [2.75, 3.05) is 18.8 Å². The van der Waals surface area contributed by atoms with Crippen molar-refractivity contribution in [3.05, 3.63) is 42.1 Å². The van der Waals surface area contributed by atoms with E-state index in [0.29, 0.717) is 5.75 Å². The average Bonchev–Trinajstić information content (AvgIpc) is 3.10. The SMILES string of the molecule is CC(C)NC(=O)CSC1=Nc2c(cnn2-c2ccccc2)C2=NCCCN12. The number of aliphatic imine (C=N–C) groups is 2.